The molecule has 3 nitrogen and oxygen atoms in total. The zero-order valence-corrected chi connectivity index (χ0v) is 11.6. The Hall–Kier alpha value is -1.13. The maximum Gasteiger partial charge on any atom is 0.202 e. The van der Waals surface area contributed by atoms with Crippen LogP contribution in [-0.2, 0) is 5.41 Å². The molecule has 0 bridgehead atoms. The van der Waals surface area contributed by atoms with Crippen molar-refractivity contribution in [2.24, 2.45) is 0 Å². The third kappa shape index (κ3) is 2.13. The van der Waals surface area contributed by atoms with Gasteiger partial charge < -0.3 is 9.73 Å². The highest BCUT2D eigenvalue weighted by Crippen LogP contribution is 2.36. The van der Waals surface area contributed by atoms with Crippen LogP contribution >= 0.6 is 11.6 Å². The summed E-state index contributed by atoms with van der Waals surface area (Å²) in [7, 11) is 0. The molecule has 1 saturated heterocycles. The maximum absolute atomic E-state index is 13.4. The molecule has 1 atom stereocenters. The molecule has 0 aliphatic carbocycles. The summed E-state index contributed by atoms with van der Waals surface area (Å²) in [6.07, 6.45) is 3.09. The van der Waals surface area contributed by atoms with Gasteiger partial charge in [-0.2, -0.15) is 0 Å². The fourth-order valence-corrected chi connectivity index (χ4v) is 2.91. The topological polar surface area (TPSA) is 38.1 Å². The average molecular weight is 283 g/mol. The SMILES string of the molecule is CCC1(c2nc3cc(Cl)c(F)cc3o2)CCCNC1. The summed E-state index contributed by atoms with van der Waals surface area (Å²) < 4.78 is 19.2. The van der Waals surface area contributed by atoms with Gasteiger partial charge in [-0.3, -0.25) is 0 Å². The zero-order valence-electron chi connectivity index (χ0n) is 10.8. The first-order valence-electron chi connectivity index (χ1n) is 6.61. The number of piperidine rings is 1. The summed E-state index contributed by atoms with van der Waals surface area (Å²) in [6, 6.07) is 2.84. The summed E-state index contributed by atoms with van der Waals surface area (Å²) >= 11 is 5.78. The molecular formula is C14H16ClFN2O. The van der Waals surface area contributed by atoms with Gasteiger partial charge in [0.2, 0.25) is 5.89 Å². The Kier molecular flexibility index (Phi) is 3.23. The van der Waals surface area contributed by atoms with E-state index in [4.69, 9.17) is 16.0 Å². The van der Waals surface area contributed by atoms with Crippen LogP contribution in [0.5, 0.6) is 0 Å². The molecule has 1 aromatic carbocycles. The van der Waals surface area contributed by atoms with Crippen molar-refractivity contribution < 1.29 is 8.81 Å². The van der Waals surface area contributed by atoms with E-state index in [1.165, 1.54) is 12.1 Å². The summed E-state index contributed by atoms with van der Waals surface area (Å²) in [6.45, 7) is 4.02. The number of rotatable bonds is 2. The first-order chi connectivity index (χ1) is 9.14. The number of nitrogens with zero attached hydrogens (tertiary/aromatic N) is 1. The molecule has 2 aromatic rings. The van der Waals surface area contributed by atoms with Crippen LogP contribution in [0.25, 0.3) is 11.1 Å². The molecular weight excluding hydrogens is 267 g/mol. The number of halogens is 2. The lowest BCUT2D eigenvalue weighted by atomic mass is 9.78. The fraction of sp³-hybridized carbons (Fsp3) is 0.500. The highest BCUT2D eigenvalue weighted by molar-refractivity contribution is 6.31. The van der Waals surface area contributed by atoms with Crippen molar-refractivity contribution in [3.05, 3.63) is 28.9 Å². The third-order valence-corrected chi connectivity index (χ3v) is 4.32. The number of fused-ring (bicyclic) bond motifs is 1. The van der Waals surface area contributed by atoms with Crippen molar-refractivity contribution in [1.82, 2.24) is 10.3 Å². The van der Waals surface area contributed by atoms with Gasteiger partial charge in [0.1, 0.15) is 11.3 Å². The molecule has 1 fully saturated rings. The Morgan fingerprint density at radius 1 is 1.53 bits per heavy atom. The van der Waals surface area contributed by atoms with Crippen LogP contribution in [0.1, 0.15) is 32.1 Å². The Morgan fingerprint density at radius 2 is 2.37 bits per heavy atom. The largest absolute Gasteiger partial charge is 0.440 e. The smallest absolute Gasteiger partial charge is 0.202 e. The molecule has 1 aliphatic heterocycles. The van der Waals surface area contributed by atoms with Crippen LogP contribution in [0.2, 0.25) is 5.02 Å². The lowest BCUT2D eigenvalue weighted by molar-refractivity contribution is 0.249. The number of hydrogen-bond donors (Lipinski definition) is 1. The van der Waals surface area contributed by atoms with E-state index in [0.29, 0.717) is 17.0 Å². The fourth-order valence-electron chi connectivity index (χ4n) is 2.75. The predicted octanol–water partition coefficient (Wildman–Crippen LogP) is 3.65. The van der Waals surface area contributed by atoms with Gasteiger partial charge in [-0.1, -0.05) is 18.5 Å². The van der Waals surface area contributed by atoms with Gasteiger partial charge in [0.05, 0.1) is 10.4 Å². The van der Waals surface area contributed by atoms with Gasteiger partial charge in [-0.15, -0.1) is 0 Å². The van der Waals surface area contributed by atoms with Gasteiger partial charge in [0, 0.05) is 12.6 Å². The van der Waals surface area contributed by atoms with Gasteiger partial charge in [0.15, 0.2) is 5.58 Å². The van der Waals surface area contributed by atoms with Crippen LogP contribution in [0.3, 0.4) is 0 Å². The van der Waals surface area contributed by atoms with Crippen molar-refractivity contribution in [3.63, 3.8) is 0 Å². The van der Waals surface area contributed by atoms with Gasteiger partial charge >= 0.3 is 0 Å². The van der Waals surface area contributed by atoms with E-state index in [2.05, 4.69) is 17.2 Å². The van der Waals surface area contributed by atoms with Crippen LogP contribution in [0, 0.1) is 5.82 Å². The predicted molar refractivity (Wildman–Crippen MR) is 73.0 cm³/mol. The number of oxazole rings is 1. The van der Waals surface area contributed by atoms with E-state index in [1.807, 2.05) is 0 Å². The second-order valence-corrected chi connectivity index (χ2v) is 5.57. The molecule has 3 rings (SSSR count). The minimum absolute atomic E-state index is 0.0830. The van der Waals surface area contributed by atoms with Crippen molar-refractivity contribution >= 4 is 22.7 Å². The van der Waals surface area contributed by atoms with Crippen LogP contribution in [0.4, 0.5) is 4.39 Å². The van der Waals surface area contributed by atoms with Crippen LogP contribution < -0.4 is 5.32 Å². The van der Waals surface area contributed by atoms with Crippen LogP contribution in [-0.4, -0.2) is 18.1 Å². The van der Waals surface area contributed by atoms with Crippen molar-refractivity contribution in [2.75, 3.05) is 13.1 Å². The molecule has 19 heavy (non-hydrogen) atoms. The molecule has 1 unspecified atom stereocenters. The van der Waals surface area contributed by atoms with Crippen molar-refractivity contribution in [3.8, 4) is 0 Å². The highest BCUT2D eigenvalue weighted by Gasteiger charge is 2.37. The Balaban J connectivity index is 2.09. The van der Waals surface area contributed by atoms with Crippen LogP contribution in [0.15, 0.2) is 16.5 Å². The minimum atomic E-state index is -0.468. The molecule has 0 saturated carbocycles. The van der Waals surface area contributed by atoms with E-state index in [0.717, 1.165) is 32.4 Å². The lowest BCUT2D eigenvalue weighted by Crippen LogP contribution is -2.43. The molecule has 2 heterocycles. The Labute approximate surface area is 116 Å². The van der Waals surface area contributed by atoms with Gasteiger partial charge in [-0.25, -0.2) is 9.37 Å². The Bertz CT molecular complexity index is 566. The second-order valence-electron chi connectivity index (χ2n) is 5.17. The number of aromatic nitrogens is 1. The third-order valence-electron chi connectivity index (χ3n) is 4.03. The van der Waals surface area contributed by atoms with E-state index in [1.54, 1.807) is 0 Å². The molecule has 0 spiro atoms. The van der Waals surface area contributed by atoms with Crippen molar-refractivity contribution in [1.29, 1.82) is 0 Å². The first kappa shape index (κ1) is 12.9. The van der Waals surface area contributed by atoms with E-state index >= 15 is 0 Å². The number of benzene rings is 1. The molecule has 0 amide bonds. The average Bonchev–Trinajstić information content (AvgIpc) is 2.83. The first-order valence-corrected chi connectivity index (χ1v) is 6.99. The molecule has 102 valence electrons. The molecule has 0 radical (unpaired) electrons. The number of hydrogen-bond acceptors (Lipinski definition) is 3. The van der Waals surface area contributed by atoms with Gasteiger partial charge in [-0.05, 0) is 31.9 Å². The standard InChI is InChI=1S/C14H16ClFN2O/c1-2-14(4-3-5-17-8-14)13-18-11-6-9(15)10(16)7-12(11)19-13/h6-7,17H,2-5,8H2,1H3. The highest BCUT2D eigenvalue weighted by atomic mass is 35.5. The normalized spacial score (nSPS) is 23.9. The minimum Gasteiger partial charge on any atom is -0.440 e. The molecule has 1 aliphatic rings. The molecule has 1 aromatic heterocycles. The summed E-state index contributed by atoms with van der Waals surface area (Å²) in [5.41, 5.74) is 1.01. The van der Waals surface area contributed by atoms with Crippen molar-refractivity contribution in [2.45, 2.75) is 31.6 Å². The number of nitrogens with one attached hydrogen (secondary N) is 1. The zero-order chi connectivity index (χ0) is 13.5. The lowest BCUT2D eigenvalue weighted by Gasteiger charge is -2.33. The summed E-state index contributed by atoms with van der Waals surface area (Å²) in [5, 5.41) is 3.48. The quantitative estimate of drug-likeness (QED) is 0.914. The van der Waals surface area contributed by atoms with E-state index in [-0.39, 0.29) is 10.4 Å². The molecule has 1 N–H and O–H groups in total. The monoisotopic (exact) mass is 282 g/mol. The maximum atomic E-state index is 13.4. The second kappa shape index (κ2) is 4.76. The van der Waals surface area contributed by atoms with Gasteiger partial charge in [0.25, 0.3) is 0 Å². The summed E-state index contributed by atoms with van der Waals surface area (Å²) in [4.78, 5) is 4.52. The van der Waals surface area contributed by atoms with E-state index < -0.39 is 5.82 Å². The summed E-state index contributed by atoms with van der Waals surface area (Å²) in [5.74, 6) is 0.225. The van der Waals surface area contributed by atoms with E-state index in [9.17, 15) is 4.39 Å². The molecule has 5 heteroatoms. The Morgan fingerprint density at radius 3 is 3.05 bits per heavy atom.